The quantitative estimate of drug-likeness (QED) is 0.753. The number of aliphatic hydroxyl groups excluding tert-OH is 1. The van der Waals surface area contributed by atoms with Crippen LogP contribution in [0.15, 0.2) is 23.8 Å². The van der Waals surface area contributed by atoms with E-state index >= 15 is 0 Å². The van der Waals surface area contributed by atoms with Gasteiger partial charge in [0.25, 0.3) is 0 Å². The van der Waals surface area contributed by atoms with Crippen LogP contribution < -0.4 is 10.6 Å². The molecule has 3 rings (SSSR count). The van der Waals surface area contributed by atoms with Crippen molar-refractivity contribution in [1.82, 2.24) is 15.3 Å². The fourth-order valence-electron chi connectivity index (χ4n) is 2.78. The minimum absolute atomic E-state index is 0.180. The SMILES string of the molecule is OC[C@H](CNc1ncnc2c1CCNCC2)Cc1cccs1. The van der Waals surface area contributed by atoms with E-state index < -0.39 is 0 Å². The number of aliphatic hydroxyl groups is 1. The van der Waals surface area contributed by atoms with E-state index in [0.29, 0.717) is 0 Å². The summed E-state index contributed by atoms with van der Waals surface area (Å²) >= 11 is 1.74. The lowest BCUT2D eigenvalue weighted by molar-refractivity contribution is 0.233. The second-order valence-corrected chi connectivity index (χ2v) is 6.64. The van der Waals surface area contributed by atoms with Crippen LogP contribution in [0.1, 0.15) is 16.1 Å². The molecule has 5 nitrogen and oxygen atoms in total. The van der Waals surface area contributed by atoms with Crippen molar-refractivity contribution in [3.8, 4) is 0 Å². The van der Waals surface area contributed by atoms with Gasteiger partial charge in [-0.3, -0.25) is 0 Å². The van der Waals surface area contributed by atoms with Crippen LogP contribution in [0.25, 0.3) is 0 Å². The number of anilines is 1. The molecule has 0 aromatic carbocycles. The summed E-state index contributed by atoms with van der Waals surface area (Å²) in [4.78, 5) is 10.1. The maximum Gasteiger partial charge on any atom is 0.132 e. The molecule has 1 atom stereocenters. The first-order chi connectivity index (χ1) is 10.9. The first kappa shape index (κ1) is 15.4. The molecule has 118 valence electrons. The Hall–Kier alpha value is -1.50. The van der Waals surface area contributed by atoms with E-state index in [1.165, 1.54) is 10.4 Å². The van der Waals surface area contributed by atoms with Crippen LogP contribution in [-0.2, 0) is 19.3 Å². The van der Waals surface area contributed by atoms with Crippen LogP contribution in [0, 0.1) is 5.92 Å². The molecule has 0 amide bonds. The highest BCUT2D eigenvalue weighted by atomic mass is 32.1. The van der Waals surface area contributed by atoms with Gasteiger partial charge in [-0.15, -0.1) is 11.3 Å². The smallest absolute Gasteiger partial charge is 0.132 e. The molecule has 1 aliphatic heterocycles. The van der Waals surface area contributed by atoms with E-state index in [0.717, 1.165) is 50.4 Å². The van der Waals surface area contributed by atoms with Crippen molar-refractivity contribution >= 4 is 17.2 Å². The summed E-state index contributed by atoms with van der Waals surface area (Å²) in [6.45, 7) is 2.85. The van der Waals surface area contributed by atoms with Crippen LogP contribution in [0.5, 0.6) is 0 Å². The Balaban J connectivity index is 1.65. The standard InChI is InChI=1S/C16H22N4OS/c21-10-12(8-13-2-1-7-22-13)9-18-16-14-3-5-17-6-4-15(14)19-11-20-16/h1-2,7,11-12,17,21H,3-6,8-10H2,(H,18,19,20)/t12-/m0/s1. The van der Waals surface area contributed by atoms with Crippen molar-refractivity contribution in [2.75, 3.05) is 31.6 Å². The summed E-state index contributed by atoms with van der Waals surface area (Å²) < 4.78 is 0. The lowest BCUT2D eigenvalue weighted by Crippen LogP contribution is -2.21. The number of aromatic nitrogens is 2. The van der Waals surface area contributed by atoms with Gasteiger partial charge in [-0.2, -0.15) is 0 Å². The Kier molecular flexibility index (Phi) is 5.37. The first-order valence-electron chi connectivity index (χ1n) is 7.77. The Labute approximate surface area is 134 Å². The molecule has 0 saturated carbocycles. The lowest BCUT2D eigenvalue weighted by atomic mass is 10.1. The van der Waals surface area contributed by atoms with Gasteiger partial charge >= 0.3 is 0 Å². The van der Waals surface area contributed by atoms with Crippen molar-refractivity contribution in [2.45, 2.75) is 19.3 Å². The number of rotatable bonds is 6. The Morgan fingerprint density at radius 3 is 3.05 bits per heavy atom. The Bertz CT molecular complexity index is 588. The van der Waals surface area contributed by atoms with E-state index in [1.54, 1.807) is 17.7 Å². The highest BCUT2D eigenvalue weighted by Crippen LogP contribution is 2.20. The molecule has 0 spiro atoms. The normalized spacial score (nSPS) is 15.9. The van der Waals surface area contributed by atoms with Crippen LogP contribution in [0.4, 0.5) is 5.82 Å². The average Bonchev–Trinajstić information content (AvgIpc) is 2.93. The van der Waals surface area contributed by atoms with E-state index in [9.17, 15) is 5.11 Å². The number of hydrogen-bond donors (Lipinski definition) is 3. The van der Waals surface area contributed by atoms with Gasteiger partial charge in [-0.25, -0.2) is 9.97 Å². The molecule has 3 N–H and O–H groups in total. The maximum atomic E-state index is 9.61. The summed E-state index contributed by atoms with van der Waals surface area (Å²) in [6.07, 6.45) is 4.44. The van der Waals surface area contributed by atoms with Crippen LogP contribution in [-0.4, -0.2) is 41.3 Å². The van der Waals surface area contributed by atoms with Gasteiger partial charge in [0.1, 0.15) is 12.1 Å². The topological polar surface area (TPSA) is 70.1 Å². The van der Waals surface area contributed by atoms with Crippen molar-refractivity contribution in [1.29, 1.82) is 0 Å². The summed E-state index contributed by atoms with van der Waals surface area (Å²) in [5.41, 5.74) is 2.36. The number of nitrogens with one attached hydrogen (secondary N) is 2. The van der Waals surface area contributed by atoms with Crippen LogP contribution >= 0.6 is 11.3 Å². The van der Waals surface area contributed by atoms with Gasteiger partial charge in [0.05, 0.1) is 5.69 Å². The van der Waals surface area contributed by atoms with Gasteiger partial charge in [0, 0.05) is 42.5 Å². The molecule has 2 aromatic rings. The molecule has 0 bridgehead atoms. The summed E-state index contributed by atoms with van der Waals surface area (Å²) in [7, 11) is 0. The monoisotopic (exact) mass is 318 g/mol. The zero-order chi connectivity index (χ0) is 15.2. The zero-order valence-electron chi connectivity index (χ0n) is 12.6. The summed E-state index contributed by atoms with van der Waals surface area (Å²) in [5.74, 6) is 1.13. The molecule has 6 heteroatoms. The van der Waals surface area contributed by atoms with Crippen LogP contribution in [0.2, 0.25) is 0 Å². The van der Waals surface area contributed by atoms with E-state index in [1.807, 2.05) is 0 Å². The fourth-order valence-corrected chi connectivity index (χ4v) is 3.60. The predicted molar refractivity (Wildman–Crippen MR) is 89.4 cm³/mol. The fraction of sp³-hybridized carbons (Fsp3) is 0.500. The molecule has 0 unspecified atom stereocenters. The van der Waals surface area contributed by atoms with Crippen molar-refractivity contribution in [3.63, 3.8) is 0 Å². The van der Waals surface area contributed by atoms with Gasteiger partial charge in [-0.1, -0.05) is 6.07 Å². The van der Waals surface area contributed by atoms with E-state index in [-0.39, 0.29) is 12.5 Å². The molecule has 0 radical (unpaired) electrons. The third kappa shape index (κ3) is 3.82. The second-order valence-electron chi connectivity index (χ2n) is 5.61. The van der Waals surface area contributed by atoms with E-state index in [2.05, 4.69) is 38.1 Å². The van der Waals surface area contributed by atoms with Gasteiger partial charge in [-0.05, 0) is 30.8 Å². The molecule has 22 heavy (non-hydrogen) atoms. The molecule has 2 aromatic heterocycles. The maximum absolute atomic E-state index is 9.61. The third-order valence-electron chi connectivity index (χ3n) is 4.01. The van der Waals surface area contributed by atoms with Gasteiger partial charge in [0.2, 0.25) is 0 Å². The predicted octanol–water partition coefficient (Wildman–Crippen LogP) is 1.49. The molecular weight excluding hydrogens is 296 g/mol. The zero-order valence-corrected chi connectivity index (χ0v) is 13.4. The Morgan fingerprint density at radius 1 is 1.32 bits per heavy atom. The van der Waals surface area contributed by atoms with Gasteiger partial charge < -0.3 is 15.7 Å². The highest BCUT2D eigenvalue weighted by molar-refractivity contribution is 7.09. The molecule has 3 heterocycles. The first-order valence-corrected chi connectivity index (χ1v) is 8.65. The number of thiophene rings is 1. The lowest BCUT2D eigenvalue weighted by Gasteiger charge is -2.17. The number of nitrogens with zero attached hydrogens (tertiary/aromatic N) is 2. The minimum atomic E-state index is 0.180. The minimum Gasteiger partial charge on any atom is -0.396 e. The third-order valence-corrected chi connectivity index (χ3v) is 4.91. The average molecular weight is 318 g/mol. The Morgan fingerprint density at radius 2 is 2.23 bits per heavy atom. The second kappa shape index (κ2) is 7.67. The van der Waals surface area contributed by atoms with Crippen molar-refractivity contribution in [3.05, 3.63) is 40.0 Å². The molecule has 0 fully saturated rings. The molecule has 0 aliphatic carbocycles. The van der Waals surface area contributed by atoms with Crippen molar-refractivity contribution in [2.24, 2.45) is 5.92 Å². The molecule has 0 saturated heterocycles. The van der Waals surface area contributed by atoms with E-state index in [4.69, 9.17) is 0 Å². The van der Waals surface area contributed by atoms with Crippen molar-refractivity contribution < 1.29 is 5.11 Å². The summed E-state index contributed by atoms with van der Waals surface area (Å²) in [6, 6.07) is 4.18. The number of hydrogen-bond acceptors (Lipinski definition) is 6. The molecular formula is C16H22N4OS. The summed E-state index contributed by atoms with van der Waals surface area (Å²) in [5, 5.41) is 18.5. The van der Waals surface area contributed by atoms with Gasteiger partial charge in [0.15, 0.2) is 0 Å². The largest absolute Gasteiger partial charge is 0.396 e. The molecule has 1 aliphatic rings. The highest BCUT2D eigenvalue weighted by Gasteiger charge is 2.15. The number of fused-ring (bicyclic) bond motifs is 1. The van der Waals surface area contributed by atoms with Crippen LogP contribution in [0.3, 0.4) is 0 Å².